The van der Waals surface area contributed by atoms with Crippen molar-refractivity contribution in [2.24, 2.45) is 5.73 Å². The third-order valence-electron chi connectivity index (χ3n) is 3.59. The van der Waals surface area contributed by atoms with Gasteiger partial charge in [0.25, 0.3) is 5.91 Å². The molecule has 0 unspecified atom stereocenters. The minimum atomic E-state index is -0.521. The first-order valence-electron chi connectivity index (χ1n) is 8.10. The van der Waals surface area contributed by atoms with Crippen molar-refractivity contribution in [1.82, 2.24) is 4.90 Å². The molecule has 0 fully saturated rings. The summed E-state index contributed by atoms with van der Waals surface area (Å²) in [7, 11) is 0. The van der Waals surface area contributed by atoms with E-state index >= 15 is 0 Å². The minimum Gasteiger partial charge on any atom is -0.484 e. The zero-order chi connectivity index (χ0) is 18.1. The van der Waals surface area contributed by atoms with Gasteiger partial charge in [0.05, 0.1) is 0 Å². The fraction of sp³-hybridized carbons (Fsp3) is 0.200. The average Bonchev–Trinajstić information content (AvgIpc) is 2.64. The summed E-state index contributed by atoms with van der Waals surface area (Å²) in [6.45, 7) is 3.02. The van der Waals surface area contributed by atoms with E-state index in [1.165, 1.54) is 0 Å². The lowest BCUT2D eigenvalue weighted by molar-refractivity contribution is -0.126. The van der Waals surface area contributed by atoms with Crippen LogP contribution < -0.4 is 10.5 Å². The Morgan fingerprint density at radius 3 is 2.36 bits per heavy atom. The number of hydrogen-bond acceptors (Lipinski definition) is 3. The highest BCUT2D eigenvalue weighted by Gasteiger charge is 2.08. The Hall–Kier alpha value is -3.08. The number of ether oxygens (including phenoxy) is 1. The van der Waals surface area contributed by atoms with Crippen LogP contribution in [0.25, 0.3) is 6.08 Å². The molecule has 2 amide bonds. The maximum Gasteiger partial charge on any atom is 0.255 e. The van der Waals surface area contributed by atoms with E-state index in [9.17, 15) is 9.59 Å². The van der Waals surface area contributed by atoms with E-state index in [1.807, 2.05) is 49.4 Å². The van der Waals surface area contributed by atoms with E-state index in [4.69, 9.17) is 10.5 Å². The van der Waals surface area contributed by atoms with Crippen LogP contribution >= 0.6 is 0 Å². The van der Waals surface area contributed by atoms with Gasteiger partial charge in [-0.05, 0) is 36.3 Å². The summed E-state index contributed by atoms with van der Waals surface area (Å²) in [6.07, 6.45) is 3.32. The van der Waals surface area contributed by atoms with E-state index in [0.29, 0.717) is 18.8 Å². The van der Waals surface area contributed by atoms with Gasteiger partial charge in [0.2, 0.25) is 5.91 Å². The highest BCUT2D eigenvalue weighted by molar-refractivity contribution is 5.91. The third-order valence-corrected chi connectivity index (χ3v) is 3.59. The number of carbonyl (C=O) groups is 2. The maximum atomic E-state index is 12.4. The van der Waals surface area contributed by atoms with Gasteiger partial charge in [-0.3, -0.25) is 9.59 Å². The van der Waals surface area contributed by atoms with Crippen molar-refractivity contribution in [3.63, 3.8) is 0 Å². The number of benzene rings is 2. The van der Waals surface area contributed by atoms with E-state index in [0.717, 1.165) is 11.1 Å². The summed E-state index contributed by atoms with van der Waals surface area (Å²) in [5.41, 5.74) is 7.00. The second-order valence-electron chi connectivity index (χ2n) is 5.50. The van der Waals surface area contributed by atoms with E-state index < -0.39 is 5.91 Å². The van der Waals surface area contributed by atoms with Crippen LogP contribution in [0.2, 0.25) is 0 Å². The molecule has 0 radical (unpaired) electrons. The number of nitrogens with zero attached hydrogens (tertiary/aromatic N) is 1. The second kappa shape index (κ2) is 9.27. The largest absolute Gasteiger partial charge is 0.484 e. The molecule has 0 aromatic heterocycles. The normalized spacial score (nSPS) is 10.6. The van der Waals surface area contributed by atoms with Gasteiger partial charge >= 0.3 is 0 Å². The number of amides is 2. The molecule has 2 aromatic carbocycles. The zero-order valence-corrected chi connectivity index (χ0v) is 14.2. The number of primary amides is 1. The molecule has 0 saturated heterocycles. The highest BCUT2D eigenvalue weighted by Crippen LogP contribution is 2.13. The van der Waals surface area contributed by atoms with Gasteiger partial charge in [-0.25, -0.2) is 0 Å². The van der Waals surface area contributed by atoms with Gasteiger partial charge in [0.15, 0.2) is 6.61 Å². The minimum absolute atomic E-state index is 0.0413. The molecule has 0 aliphatic heterocycles. The first kappa shape index (κ1) is 18.3. The molecule has 0 saturated carbocycles. The summed E-state index contributed by atoms with van der Waals surface area (Å²) < 4.78 is 5.20. The summed E-state index contributed by atoms with van der Waals surface area (Å²) in [5, 5.41) is 0. The molecular weight excluding hydrogens is 316 g/mol. The Bertz CT molecular complexity index is 724. The van der Waals surface area contributed by atoms with Crippen molar-refractivity contribution < 1.29 is 14.3 Å². The molecular formula is C20H22N2O3. The number of carbonyl (C=O) groups excluding carboxylic acids is 2. The predicted octanol–water partition coefficient (Wildman–Crippen LogP) is 2.61. The van der Waals surface area contributed by atoms with Crippen molar-refractivity contribution >= 4 is 17.9 Å². The van der Waals surface area contributed by atoms with E-state index in [-0.39, 0.29) is 12.5 Å². The number of nitrogens with two attached hydrogens (primary N) is 1. The van der Waals surface area contributed by atoms with Crippen molar-refractivity contribution in [3.05, 3.63) is 71.8 Å². The van der Waals surface area contributed by atoms with Crippen LogP contribution in [-0.4, -0.2) is 29.9 Å². The zero-order valence-electron chi connectivity index (χ0n) is 14.2. The molecule has 0 aliphatic rings. The van der Waals surface area contributed by atoms with Crippen LogP contribution in [0.1, 0.15) is 18.1 Å². The fourth-order valence-electron chi connectivity index (χ4n) is 2.25. The molecule has 2 aromatic rings. The van der Waals surface area contributed by atoms with Crippen molar-refractivity contribution in [3.8, 4) is 5.75 Å². The smallest absolute Gasteiger partial charge is 0.255 e. The molecule has 2 N–H and O–H groups in total. The predicted molar refractivity (Wildman–Crippen MR) is 97.7 cm³/mol. The number of hydrogen-bond donors (Lipinski definition) is 1. The van der Waals surface area contributed by atoms with Crippen LogP contribution in [-0.2, 0) is 16.1 Å². The molecule has 2 rings (SSSR count). The van der Waals surface area contributed by atoms with Gasteiger partial charge in [-0.15, -0.1) is 0 Å². The van der Waals surface area contributed by atoms with Gasteiger partial charge < -0.3 is 15.4 Å². The van der Waals surface area contributed by atoms with Crippen LogP contribution in [0.15, 0.2) is 60.7 Å². The number of likely N-dealkylation sites (N-methyl/N-ethyl adjacent to an activating group) is 1. The summed E-state index contributed by atoms with van der Waals surface area (Å²) in [4.78, 5) is 24.8. The van der Waals surface area contributed by atoms with Crippen LogP contribution in [0.5, 0.6) is 5.75 Å². The fourth-order valence-corrected chi connectivity index (χ4v) is 2.25. The molecule has 0 atom stereocenters. The van der Waals surface area contributed by atoms with E-state index in [1.54, 1.807) is 29.2 Å². The van der Waals surface area contributed by atoms with Crippen molar-refractivity contribution in [2.75, 3.05) is 13.2 Å². The molecule has 0 aliphatic carbocycles. The first-order chi connectivity index (χ1) is 12.1. The van der Waals surface area contributed by atoms with Gasteiger partial charge in [-0.1, -0.05) is 42.5 Å². The monoisotopic (exact) mass is 338 g/mol. The van der Waals surface area contributed by atoms with Crippen molar-refractivity contribution in [1.29, 1.82) is 0 Å². The third kappa shape index (κ3) is 6.14. The molecule has 130 valence electrons. The summed E-state index contributed by atoms with van der Waals surface area (Å²) in [5.74, 6) is -0.00501. The maximum absolute atomic E-state index is 12.4. The Balaban J connectivity index is 1.94. The molecule has 0 spiro atoms. The Labute approximate surface area is 147 Å². The molecule has 0 heterocycles. The quantitative estimate of drug-likeness (QED) is 0.752. The molecule has 25 heavy (non-hydrogen) atoms. The number of rotatable bonds is 8. The van der Waals surface area contributed by atoms with Crippen molar-refractivity contribution in [2.45, 2.75) is 13.5 Å². The first-order valence-corrected chi connectivity index (χ1v) is 8.10. The van der Waals surface area contributed by atoms with Crippen LogP contribution in [0, 0.1) is 0 Å². The highest BCUT2D eigenvalue weighted by atomic mass is 16.5. The second-order valence-corrected chi connectivity index (χ2v) is 5.50. The Kier molecular flexibility index (Phi) is 6.77. The van der Waals surface area contributed by atoms with E-state index in [2.05, 4.69) is 0 Å². The standard InChI is InChI=1S/C20H22N2O3/c1-2-22(14-17-6-4-3-5-7-17)20(24)13-10-16-8-11-18(12-9-16)25-15-19(21)23/h3-13H,2,14-15H2,1H3,(H2,21,23)/b13-10-. The summed E-state index contributed by atoms with van der Waals surface area (Å²) in [6, 6.07) is 17.0. The SMILES string of the molecule is CCN(Cc1ccccc1)C(=O)/C=C\c1ccc(OCC(N)=O)cc1. The summed E-state index contributed by atoms with van der Waals surface area (Å²) >= 11 is 0. The molecule has 5 nitrogen and oxygen atoms in total. The topological polar surface area (TPSA) is 72.6 Å². The average molecular weight is 338 g/mol. The Morgan fingerprint density at radius 1 is 1.08 bits per heavy atom. The lowest BCUT2D eigenvalue weighted by Gasteiger charge is -2.19. The Morgan fingerprint density at radius 2 is 1.76 bits per heavy atom. The molecule has 5 heteroatoms. The molecule has 0 bridgehead atoms. The van der Waals surface area contributed by atoms with Gasteiger partial charge in [0, 0.05) is 19.2 Å². The van der Waals surface area contributed by atoms with Crippen LogP contribution in [0.4, 0.5) is 0 Å². The van der Waals surface area contributed by atoms with Crippen LogP contribution in [0.3, 0.4) is 0 Å². The van der Waals surface area contributed by atoms with Gasteiger partial charge in [0.1, 0.15) is 5.75 Å². The lowest BCUT2D eigenvalue weighted by Crippen LogP contribution is -2.28. The van der Waals surface area contributed by atoms with Gasteiger partial charge in [-0.2, -0.15) is 0 Å². The lowest BCUT2D eigenvalue weighted by atomic mass is 10.2.